The quantitative estimate of drug-likeness (QED) is 0.198. The van der Waals surface area contributed by atoms with Crippen molar-refractivity contribution in [2.45, 2.75) is 19.6 Å². The van der Waals surface area contributed by atoms with Crippen LogP contribution in [0.1, 0.15) is 29.7 Å². The number of allylic oxidation sites excluding steroid dienone is 1. The van der Waals surface area contributed by atoms with Crippen molar-refractivity contribution in [1.82, 2.24) is 4.57 Å². The fraction of sp³-hybridized carbons (Fsp3) is 0.114. The first-order chi connectivity index (χ1) is 21.4. The maximum Gasteiger partial charge on any atom is 0.271 e. The van der Waals surface area contributed by atoms with Crippen LogP contribution in [0.3, 0.4) is 0 Å². The molecule has 5 aromatic rings. The monoisotopic (exact) mass is 713 g/mol. The number of hydrogen-bond acceptors (Lipinski definition) is 6. The highest BCUT2D eigenvalue weighted by molar-refractivity contribution is 14.1. The van der Waals surface area contributed by atoms with Crippen LogP contribution in [0.2, 0.25) is 0 Å². The molecule has 1 aliphatic rings. The van der Waals surface area contributed by atoms with E-state index in [0.717, 1.165) is 26.0 Å². The third kappa shape index (κ3) is 6.24. The molecule has 4 aromatic carbocycles. The first-order valence-corrected chi connectivity index (χ1v) is 15.8. The Labute approximate surface area is 272 Å². The molecule has 0 aliphatic carbocycles. The second-order valence-corrected chi connectivity index (χ2v) is 12.4. The summed E-state index contributed by atoms with van der Waals surface area (Å²) in [7, 11) is 1.62. The molecule has 1 aromatic heterocycles. The standard InChI is InChI=1S/C35H28IN3O4S/c1-22-31(33(40)38-27-11-7-4-8-12-27)32(24-9-5-3-6-10-24)39-34(41)30(44-35(39)37-22)20-23-13-18-29(42-2)25(19-23)21-43-28-16-14-26(36)15-17-28/h3-20,32H,21H2,1-2H3,(H,38,40)/b30-20-. The number of para-hydroxylation sites is 1. The fourth-order valence-corrected chi connectivity index (χ4v) is 6.53. The largest absolute Gasteiger partial charge is 0.496 e. The molecule has 1 unspecified atom stereocenters. The maximum atomic E-state index is 14.1. The molecule has 0 saturated carbocycles. The number of ether oxygens (including phenoxy) is 2. The Bertz CT molecular complexity index is 2040. The summed E-state index contributed by atoms with van der Waals surface area (Å²) in [5, 5.41) is 2.98. The van der Waals surface area contributed by atoms with Crippen molar-refractivity contribution in [3.8, 4) is 11.5 Å². The van der Waals surface area contributed by atoms with Crippen molar-refractivity contribution in [3.63, 3.8) is 0 Å². The molecule has 9 heteroatoms. The summed E-state index contributed by atoms with van der Waals surface area (Å²) in [4.78, 5) is 33.0. The average Bonchev–Trinajstić information content (AvgIpc) is 3.34. The van der Waals surface area contributed by atoms with Crippen LogP contribution in [0.5, 0.6) is 11.5 Å². The number of carbonyl (C=O) groups is 1. The average molecular weight is 714 g/mol. The normalized spacial score (nSPS) is 14.5. The van der Waals surface area contributed by atoms with Gasteiger partial charge in [0.05, 0.1) is 29.0 Å². The van der Waals surface area contributed by atoms with Crippen molar-refractivity contribution in [2.24, 2.45) is 4.99 Å². The van der Waals surface area contributed by atoms with E-state index in [-0.39, 0.29) is 11.5 Å². The lowest BCUT2D eigenvalue weighted by Gasteiger charge is -2.25. The number of methoxy groups -OCH3 is 1. The molecule has 6 rings (SSSR count). The van der Waals surface area contributed by atoms with Gasteiger partial charge in [0.1, 0.15) is 18.1 Å². The maximum absolute atomic E-state index is 14.1. The molecule has 0 spiro atoms. The molecule has 0 saturated heterocycles. The summed E-state index contributed by atoms with van der Waals surface area (Å²) in [5.41, 5.74) is 3.96. The number of carbonyl (C=O) groups excluding carboxylic acids is 1. The third-order valence-corrected chi connectivity index (χ3v) is 8.93. The van der Waals surface area contributed by atoms with Gasteiger partial charge in [-0.25, -0.2) is 4.99 Å². The van der Waals surface area contributed by atoms with Crippen LogP contribution in [-0.2, 0) is 11.4 Å². The minimum Gasteiger partial charge on any atom is -0.496 e. The molecule has 1 amide bonds. The van der Waals surface area contributed by atoms with Crippen LogP contribution in [0.15, 0.2) is 124 Å². The Morgan fingerprint density at radius 3 is 2.41 bits per heavy atom. The van der Waals surface area contributed by atoms with Crippen LogP contribution >= 0.6 is 33.9 Å². The Morgan fingerprint density at radius 2 is 1.70 bits per heavy atom. The second kappa shape index (κ2) is 13.0. The van der Waals surface area contributed by atoms with E-state index in [1.165, 1.54) is 11.3 Å². The zero-order chi connectivity index (χ0) is 30.6. The summed E-state index contributed by atoms with van der Waals surface area (Å²) in [6, 6.07) is 31.8. The van der Waals surface area contributed by atoms with Gasteiger partial charge >= 0.3 is 0 Å². The SMILES string of the molecule is COc1ccc(/C=c2\sc3n(c2=O)C(c2ccccc2)C(C(=O)Nc2ccccc2)=C(C)N=3)cc1COc1ccc(I)cc1. The topological polar surface area (TPSA) is 81.9 Å². The van der Waals surface area contributed by atoms with Crippen molar-refractivity contribution in [2.75, 3.05) is 12.4 Å². The Kier molecular flexibility index (Phi) is 8.76. The summed E-state index contributed by atoms with van der Waals surface area (Å²) in [5.74, 6) is 1.16. The van der Waals surface area contributed by atoms with E-state index in [0.29, 0.717) is 38.6 Å². The number of rotatable bonds is 8. The number of halogens is 1. The number of nitrogens with zero attached hydrogens (tertiary/aromatic N) is 2. The van der Waals surface area contributed by atoms with Gasteiger partial charge < -0.3 is 14.8 Å². The van der Waals surface area contributed by atoms with Gasteiger partial charge in [0.2, 0.25) is 0 Å². The molecule has 7 nitrogen and oxygen atoms in total. The molecule has 220 valence electrons. The lowest BCUT2D eigenvalue weighted by molar-refractivity contribution is -0.113. The molecule has 0 fully saturated rings. The third-order valence-electron chi connectivity index (χ3n) is 7.22. The number of thiazole rings is 1. The molecule has 2 heterocycles. The van der Waals surface area contributed by atoms with Gasteiger partial charge in [-0.15, -0.1) is 0 Å². The van der Waals surface area contributed by atoms with Gasteiger partial charge in [-0.05, 0) is 95.2 Å². The van der Waals surface area contributed by atoms with E-state index in [4.69, 9.17) is 14.5 Å². The van der Waals surface area contributed by atoms with Crippen LogP contribution in [-0.4, -0.2) is 17.6 Å². The first-order valence-electron chi connectivity index (χ1n) is 13.9. The molecule has 1 N–H and O–H groups in total. The second-order valence-electron chi connectivity index (χ2n) is 10.1. The summed E-state index contributed by atoms with van der Waals surface area (Å²) in [6.07, 6.45) is 1.85. The van der Waals surface area contributed by atoms with Crippen molar-refractivity contribution in [1.29, 1.82) is 0 Å². The van der Waals surface area contributed by atoms with Crippen molar-refractivity contribution >= 4 is 51.6 Å². The van der Waals surface area contributed by atoms with Crippen molar-refractivity contribution < 1.29 is 14.3 Å². The van der Waals surface area contributed by atoms with E-state index in [1.54, 1.807) is 11.7 Å². The Balaban J connectivity index is 1.39. The molecule has 1 aliphatic heterocycles. The van der Waals surface area contributed by atoms with Gasteiger partial charge in [-0.1, -0.05) is 65.9 Å². The minimum absolute atomic E-state index is 0.215. The van der Waals surface area contributed by atoms with Gasteiger partial charge in [-0.3, -0.25) is 14.2 Å². The van der Waals surface area contributed by atoms with E-state index < -0.39 is 6.04 Å². The first kappa shape index (κ1) is 29.6. The number of fused-ring (bicyclic) bond motifs is 1. The highest BCUT2D eigenvalue weighted by atomic mass is 127. The number of hydrogen-bond donors (Lipinski definition) is 1. The molecule has 0 radical (unpaired) electrons. The Morgan fingerprint density at radius 1 is 1.00 bits per heavy atom. The molecule has 0 bridgehead atoms. The van der Waals surface area contributed by atoms with E-state index >= 15 is 0 Å². The van der Waals surface area contributed by atoms with Crippen LogP contribution in [0.4, 0.5) is 5.69 Å². The van der Waals surface area contributed by atoms with Crippen LogP contribution < -0.4 is 29.7 Å². The van der Waals surface area contributed by atoms with E-state index in [1.807, 2.05) is 116 Å². The number of benzene rings is 4. The molecular formula is C35H28IN3O4S. The van der Waals surface area contributed by atoms with Gasteiger partial charge in [-0.2, -0.15) is 0 Å². The number of amides is 1. The van der Waals surface area contributed by atoms with Gasteiger partial charge in [0.15, 0.2) is 4.80 Å². The minimum atomic E-state index is -0.632. The van der Waals surface area contributed by atoms with Crippen molar-refractivity contribution in [3.05, 3.63) is 154 Å². The summed E-state index contributed by atoms with van der Waals surface area (Å²) in [6.45, 7) is 2.12. The highest BCUT2D eigenvalue weighted by Gasteiger charge is 2.32. The lowest BCUT2D eigenvalue weighted by atomic mass is 9.95. The fourth-order valence-electron chi connectivity index (χ4n) is 5.13. The van der Waals surface area contributed by atoms with Crippen LogP contribution in [0, 0.1) is 3.57 Å². The van der Waals surface area contributed by atoms with Gasteiger partial charge in [0, 0.05) is 14.8 Å². The highest BCUT2D eigenvalue weighted by Crippen LogP contribution is 2.31. The predicted molar refractivity (Wildman–Crippen MR) is 182 cm³/mol. The van der Waals surface area contributed by atoms with E-state index in [2.05, 4.69) is 27.9 Å². The van der Waals surface area contributed by atoms with Crippen LogP contribution in [0.25, 0.3) is 6.08 Å². The van der Waals surface area contributed by atoms with E-state index in [9.17, 15) is 9.59 Å². The Hall–Kier alpha value is -4.48. The number of nitrogens with one attached hydrogen (secondary N) is 1. The number of aromatic nitrogens is 1. The smallest absolute Gasteiger partial charge is 0.271 e. The zero-order valence-corrected chi connectivity index (χ0v) is 27.0. The summed E-state index contributed by atoms with van der Waals surface area (Å²) < 4.78 is 14.9. The molecule has 44 heavy (non-hydrogen) atoms. The zero-order valence-electron chi connectivity index (χ0n) is 24.0. The lowest BCUT2D eigenvalue weighted by Crippen LogP contribution is -2.40. The molecule has 1 atom stereocenters. The summed E-state index contributed by atoms with van der Waals surface area (Å²) >= 11 is 3.56. The number of anilines is 1. The van der Waals surface area contributed by atoms with Gasteiger partial charge in [0.25, 0.3) is 11.5 Å². The predicted octanol–water partition coefficient (Wildman–Crippen LogP) is 6.07. The molecular weight excluding hydrogens is 685 g/mol.